The number of rotatable bonds is 7. The van der Waals surface area contributed by atoms with Gasteiger partial charge in [-0.25, -0.2) is 8.42 Å². The van der Waals surface area contributed by atoms with Crippen molar-refractivity contribution < 1.29 is 13.5 Å². The second kappa shape index (κ2) is 6.40. The molecule has 1 N–H and O–H groups in total. The maximum atomic E-state index is 11.2. The molecule has 2 atom stereocenters. The molecule has 2 unspecified atom stereocenters. The molecule has 0 aliphatic rings. The Morgan fingerprint density at radius 1 is 1.29 bits per heavy atom. The van der Waals surface area contributed by atoms with Crippen LogP contribution in [-0.4, -0.2) is 31.1 Å². The van der Waals surface area contributed by atoms with Crippen LogP contribution in [0.1, 0.15) is 40.0 Å². The first-order valence-corrected chi connectivity index (χ1v) is 7.13. The zero-order valence-electron chi connectivity index (χ0n) is 9.36. The highest BCUT2D eigenvalue weighted by molar-refractivity contribution is 7.91. The molecule has 0 aromatic rings. The van der Waals surface area contributed by atoms with E-state index in [1.54, 1.807) is 6.92 Å². The van der Waals surface area contributed by atoms with Gasteiger partial charge in [-0.2, -0.15) is 0 Å². The molecule has 0 aliphatic carbocycles. The fourth-order valence-corrected chi connectivity index (χ4v) is 2.26. The summed E-state index contributed by atoms with van der Waals surface area (Å²) in [5.74, 6) is 0.675. The maximum Gasteiger partial charge on any atom is 0.150 e. The summed E-state index contributed by atoms with van der Waals surface area (Å²) in [4.78, 5) is 0. The van der Waals surface area contributed by atoms with Gasteiger partial charge >= 0.3 is 0 Å². The highest BCUT2D eigenvalue weighted by Crippen LogP contribution is 2.13. The van der Waals surface area contributed by atoms with E-state index in [0.717, 1.165) is 12.8 Å². The zero-order valence-corrected chi connectivity index (χ0v) is 10.2. The molecule has 0 radical (unpaired) electrons. The van der Waals surface area contributed by atoms with Gasteiger partial charge in [0.15, 0.2) is 0 Å². The topological polar surface area (TPSA) is 54.4 Å². The quantitative estimate of drug-likeness (QED) is 0.712. The molecule has 0 spiro atoms. The van der Waals surface area contributed by atoms with Crippen molar-refractivity contribution >= 4 is 9.84 Å². The average molecular weight is 222 g/mol. The average Bonchev–Trinajstić information content (AvgIpc) is 2.16. The van der Waals surface area contributed by atoms with E-state index in [4.69, 9.17) is 0 Å². The minimum absolute atomic E-state index is 0.201. The van der Waals surface area contributed by atoms with Gasteiger partial charge in [0.1, 0.15) is 9.84 Å². The predicted molar refractivity (Wildman–Crippen MR) is 59.0 cm³/mol. The number of sulfone groups is 1. The summed E-state index contributed by atoms with van der Waals surface area (Å²) in [5, 5.41) is 9.46. The minimum Gasteiger partial charge on any atom is -0.393 e. The Balaban J connectivity index is 3.75. The zero-order chi connectivity index (χ0) is 11.2. The van der Waals surface area contributed by atoms with E-state index in [2.05, 4.69) is 0 Å². The molecule has 0 aromatic carbocycles. The normalized spacial score (nSPS) is 16.6. The minimum atomic E-state index is -2.83. The molecule has 0 heterocycles. The van der Waals surface area contributed by atoms with Crippen LogP contribution in [0.3, 0.4) is 0 Å². The molecule has 0 bridgehead atoms. The fourth-order valence-electron chi connectivity index (χ4n) is 1.36. The molecule has 14 heavy (non-hydrogen) atoms. The van der Waals surface area contributed by atoms with Crippen molar-refractivity contribution in [2.75, 3.05) is 11.5 Å². The van der Waals surface area contributed by atoms with Crippen LogP contribution in [0.2, 0.25) is 0 Å². The lowest BCUT2D eigenvalue weighted by Gasteiger charge is -2.16. The molecule has 4 heteroatoms. The molecular weight excluding hydrogens is 200 g/mol. The summed E-state index contributed by atoms with van der Waals surface area (Å²) in [7, 11) is -2.83. The Morgan fingerprint density at radius 3 is 2.29 bits per heavy atom. The van der Waals surface area contributed by atoms with Gasteiger partial charge in [0, 0.05) is 5.75 Å². The van der Waals surface area contributed by atoms with E-state index in [9.17, 15) is 13.5 Å². The van der Waals surface area contributed by atoms with Crippen LogP contribution in [-0.2, 0) is 9.84 Å². The van der Waals surface area contributed by atoms with Gasteiger partial charge < -0.3 is 5.11 Å². The van der Waals surface area contributed by atoms with Crippen molar-refractivity contribution in [1.82, 2.24) is 0 Å². The smallest absolute Gasteiger partial charge is 0.150 e. The Morgan fingerprint density at radius 2 is 1.86 bits per heavy atom. The molecule has 0 amide bonds. The number of hydrogen-bond acceptors (Lipinski definition) is 3. The first-order chi connectivity index (χ1) is 6.43. The van der Waals surface area contributed by atoms with Crippen LogP contribution in [0.25, 0.3) is 0 Å². The second-order valence-electron chi connectivity index (χ2n) is 3.83. The largest absolute Gasteiger partial charge is 0.393 e. The van der Waals surface area contributed by atoms with Gasteiger partial charge in [-0.05, 0) is 25.2 Å². The fraction of sp³-hybridized carbons (Fsp3) is 1.00. The van der Waals surface area contributed by atoms with Gasteiger partial charge in [-0.3, -0.25) is 0 Å². The second-order valence-corrected chi connectivity index (χ2v) is 6.30. The maximum absolute atomic E-state index is 11.2. The third-order valence-electron chi connectivity index (χ3n) is 2.63. The van der Waals surface area contributed by atoms with Crippen molar-refractivity contribution in [2.45, 2.75) is 46.1 Å². The van der Waals surface area contributed by atoms with Gasteiger partial charge in [-0.15, -0.1) is 0 Å². The van der Waals surface area contributed by atoms with Gasteiger partial charge in [-0.1, -0.05) is 20.8 Å². The molecule has 3 nitrogen and oxygen atoms in total. The van der Waals surface area contributed by atoms with Crippen LogP contribution in [0.5, 0.6) is 0 Å². The summed E-state index contributed by atoms with van der Waals surface area (Å²) in [6.07, 6.45) is 1.89. The summed E-state index contributed by atoms with van der Waals surface area (Å²) in [6, 6.07) is 0. The first kappa shape index (κ1) is 13.9. The summed E-state index contributed by atoms with van der Waals surface area (Å²) in [6.45, 7) is 5.57. The highest BCUT2D eigenvalue weighted by Gasteiger charge is 2.13. The Hall–Kier alpha value is -0.0900. The van der Waals surface area contributed by atoms with E-state index >= 15 is 0 Å². The Labute approximate surface area is 87.4 Å². The molecule has 0 saturated heterocycles. The first-order valence-electron chi connectivity index (χ1n) is 5.31. The monoisotopic (exact) mass is 222 g/mol. The molecule has 0 rings (SSSR count). The predicted octanol–water partition coefficient (Wildman–Crippen LogP) is 1.61. The lowest BCUT2D eigenvalue weighted by molar-refractivity contribution is 0.108. The summed E-state index contributed by atoms with van der Waals surface area (Å²) < 4.78 is 22.3. The SMILES string of the molecule is CCC(O)C(C)CCCS(=O)(=O)CC. The van der Waals surface area contributed by atoms with Gasteiger partial charge in [0.25, 0.3) is 0 Å². The van der Waals surface area contributed by atoms with Crippen molar-refractivity contribution in [2.24, 2.45) is 5.92 Å². The van der Waals surface area contributed by atoms with Crippen LogP contribution < -0.4 is 0 Å². The van der Waals surface area contributed by atoms with Crippen molar-refractivity contribution in [3.05, 3.63) is 0 Å². The molecule has 0 aliphatic heterocycles. The van der Waals surface area contributed by atoms with Crippen molar-refractivity contribution in [1.29, 1.82) is 0 Å². The molecule has 0 fully saturated rings. The van der Waals surface area contributed by atoms with Gasteiger partial charge in [0.05, 0.1) is 11.9 Å². The number of aliphatic hydroxyl groups is 1. The molecule has 0 saturated carbocycles. The third-order valence-corrected chi connectivity index (χ3v) is 4.42. The van der Waals surface area contributed by atoms with E-state index in [1.807, 2.05) is 13.8 Å². The third kappa shape index (κ3) is 5.60. The van der Waals surface area contributed by atoms with E-state index < -0.39 is 9.84 Å². The van der Waals surface area contributed by atoms with Crippen LogP contribution in [0.4, 0.5) is 0 Å². The van der Waals surface area contributed by atoms with Crippen LogP contribution in [0.15, 0.2) is 0 Å². The van der Waals surface area contributed by atoms with Crippen molar-refractivity contribution in [3.8, 4) is 0 Å². The summed E-state index contributed by atoms with van der Waals surface area (Å²) in [5.41, 5.74) is 0. The Kier molecular flexibility index (Phi) is 6.36. The highest BCUT2D eigenvalue weighted by atomic mass is 32.2. The number of hydrogen-bond donors (Lipinski definition) is 1. The van der Waals surface area contributed by atoms with Gasteiger partial charge in [0.2, 0.25) is 0 Å². The van der Waals surface area contributed by atoms with E-state index in [0.29, 0.717) is 6.42 Å². The van der Waals surface area contributed by atoms with Crippen LogP contribution in [0, 0.1) is 5.92 Å². The van der Waals surface area contributed by atoms with Crippen molar-refractivity contribution in [3.63, 3.8) is 0 Å². The lowest BCUT2D eigenvalue weighted by Crippen LogP contribution is -2.18. The summed E-state index contributed by atoms with van der Waals surface area (Å²) >= 11 is 0. The molecule has 0 aromatic heterocycles. The lowest BCUT2D eigenvalue weighted by atomic mass is 9.98. The molecular formula is C10H22O3S. The molecule has 86 valence electrons. The number of aliphatic hydroxyl groups excluding tert-OH is 1. The van der Waals surface area contributed by atoms with E-state index in [-0.39, 0.29) is 23.5 Å². The van der Waals surface area contributed by atoms with E-state index in [1.165, 1.54) is 0 Å². The standard InChI is InChI=1S/C10H22O3S/c1-4-10(11)9(3)7-6-8-14(12,13)5-2/h9-11H,4-8H2,1-3H3. The van der Waals surface area contributed by atoms with Crippen LogP contribution >= 0.6 is 0 Å². The Bertz CT molecular complexity index is 234.